The average molecular weight is 266 g/mol. The molecular weight excluding hydrogens is 240 g/mol. The molecule has 2 rings (SSSR count). The lowest BCUT2D eigenvalue weighted by Crippen LogP contribution is -2.27. The minimum Gasteiger partial charge on any atom is -0.317 e. The topological polar surface area (TPSA) is 15.3 Å². The smallest absolute Gasteiger partial charge is 0.0330 e. The monoisotopic (exact) mass is 266 g/mol. The predicted octanol–water partition coefficient (Wildman–Crippen LogP) is 3.49. The van der Waals surface area contributed by atoms with Gasteiger partial charge in [0.05, 0.1) is 0 Å². The quantitative estimate of drug-likeness (QED) is 0.652. The van der Waals surface area contributed by atoms with Gasteiger partial charge in [-0.3, -0.25) is 4.90 Å². The maximum absolute atomic E-state index is 3.48. The van der Waals surface area contributed by atoms with Crippen molar-refractivity contribution in [3.05, 3.63) is 22.4 Å². The Morgan fingerprint density at radius 2 is 2.22 bits per heavy atom. The third-order valence-electron chi connectivity index (χ3n) is 3.48. The number of unbranched alkanes of at least 4 members (excludes halogenated alkanes) is 1. The summed E-state index contributed by atoms with van der Waals surface area (Å²) < 4.78 is 0. The molecule has 0 amide bonds. The van der Waals surface area contributed by atoms with E-state index >= 15 is 0 Å². The normalized spacial score (nSPS) is 15.4. The van der Waals surface area contributed by atoms with Gasteiger partial charge in [-0.05, 0) is 63.2 Å². The number of nitrogens with zero attached hydrogens (tertiary/aromatic N) is 1. The molecular formula is C15H26N2S. The molecule has 0 aromatic carbocycles. The minimum atomic E-state index is 0.885. The van der Waals surface area contributed by atoms with Crippen molar-refractivity contribution in [2.24, 2.45) is 0 Å². The minimum absolute atomic E-state index is 0.885. The van der Waals surface area contributed by atoms with Crippen molar-refractivity contribution in [1.29, 1.82) is 0 Å². The molecule has 1 aliphatic carbocycles. The van der Waals surface area contributed by atoms with Crippen LogP contribution in [0.15, 0.2) is 17.5 Å². The first-order chi connectivity index (χ1) is 8.90. The summed E-state index contributed by atoms with van der Waals surface area (Å²) in [5.41, 5.74) is 0. The van der Waals surface area contributed by atoms with Crippen molar-refractivity contribution in [2.45, 2.75) is 51.6 Å². The fraction of sp³-hybridized carbons (Fsp3) is 0.733. The summed E-state index contributed by atoms with van der Waals surface area (Å²) >= 11 is 1.89. The summed E-state index contributed by atoms with van der Waals surface area (Å²) in [6.45, 7) is 7.02. The van der Waals surface area contributed by atoms with Crippen molar-refractivity contribution < 1.29 is 0 Å². The number of hydrogen-bond acceptors (Lipinski definition) is 3. The number of rotatable bonds is 10. The van der Waals surface area contributed by atoms with Crippen LogP contribution in [0.25, 0.3) is 0 Å². The molecule has 0 saturated heterocycles. The van der Waals surface area contributed by atoms with E-state index in [0.717, 1.165) is 6.04 Å². The Morgan fingerprint density at radius 1 is 1.33 bits per heavy atom. The summed E-state index contributed by atoms with van der Waals surface area (Å²) in [5, 5.41) is 5.67. The van der Waals surface area contributed by atoms with E-state index in [4.69, 9.17) is 0 Å². The van der Waals surface area contributed by atoms with Crippen molar-refractivity contribution in [3.8, 4) is 0 Å². The van der Waals surface area contributed by atoms with E-state index in [1.165, 1.54) is 63.2 Å². The molecule has 0 atom stereocenters. The van der Waals surface area contributed by atoms with Crippen molar-refractivity contribution in [2.75, 3.05) is 19.6 Å². The van der Waals surface area contributed by atoms with Gasteiger partial charge >= 0.3 is 0 Å². The second kappa shape index (κ2) is 7.93. The maximum Gasteiger partial charge on any atom is 0.0330 e. The third-order valence-corrected chi connectivity index (χ3v) is 4.34. The lowest BCUT2D eigenvalue weighted by atomic mass is 10.2. The summed E-state index contributed by atoms with van der Waals surface area (Å²) in [6.07, 6.45) is 6.72. The van der Waals surface area contributed by atoms with Gasteiger partial charge in [0.2, 0.25) is 0 Å². The predicted molar refractivity (Wildman–Crippen MR) is 80.1 cm³/mol. The molecule has 1 fully saturated rings. The molecule has 0 unspecified atom stereocenters. The molecule has 2 nitrogen and oxygen atoms in total. The standard InChI is InChI=1S/C15H26N2S/c1-2-9-16-10-3-4-11-17(14-7-8-14)13-15-6-5-12-18-15/h5-6,12,14,16H,2-4,7-11,13H2,1H3. The Balaban J connectivity index is 1.61. The molecule has 3 heteroatoms. The summed E-state index contributed by atoms with van der Waals surface area (Å²) in [6, 6.07) is 5.32. The molecule has 0 bridgehead atoms. The second-order valence-corrected chi connectivity index (χ2v) is 6.27. The van der Waals surface area contributed by atoms with Crippen LogP contribution in [0.5, 0.6) is 0 Å². The zero-order chi connectivity index (χ0) is 12.6. The van der Waals surface area contributed by atoms with Gasteiger partial charge in [-0.15, -0.1) is 11.3 Å². The van der Waals surface area contributed by atoms with Crippen LogP contribution in [-0.2, 0) is 6.54 Å². The molecule has 0 radical (unpaired) electrons. The average Bonchev–Trinajstić information content (AvgIpc) is 3.10. The number of nitrogens with one attached hydrogen (secondary N) is 1. The lowest BCUT2D eigenvalue weighted by Gasteiger charge is -2.21. The highest BCUT2D eigenvalue weighted by Crippen LogP contribution is 2.29. The van der Waals surface area contributed by atoms with Crippen LogP contribution >= 0.6 is 11.3 Å². The van der Waals surface area contributed by atoms with Crippen LogP contribution in [0.1, 0.15) is 43.9 Å². The molecule has 1 heterocycles. The Labute approximate surface area is 115 Å². The zero-order valence-corrected chi connectivity index (χ0v) is 12.3. The second-order valence-electron chi connectivity index (χ2n) is 5.24. The van der Waals surface area contributed by atoms with Gasteiger partial charge in [0, 0.05) is 17.5 Å². The Bertz CT molecular complexity index is 306. The van der Waals surface area contributed by atoms with Gasteiger partial charge in [-0.1, -0.05) is 13.0 Å². The van der Waals surface area contributed by atoms with Gasteiger partial charge in [0.25, 0.3) is 0 Å². The highest BCUT2D eigenvalue weighted by Gasteiger charge is 2.28. The van der Waals surface area contributed by atoms with Gasteiger partial charge in [-0.2, -0.15) is 0 Å². The Hall–Kier alpha value is -0.380. The van der Waals surface area contributed by atoms with Gasteiger partial charge < -0.3 is 5.32 Å². The van der Waals surface area contributed by atoms with E-state index in [0.29, 0.717) is 0 Å². The van der Waals surface area contributed by atoms with Crippen LogP contribution in [0.2, 0.25) is 0 Å². The Kier molecular flexibility index (Phi) is 6.18. The van der Waals surface area contributed by atoms with Crippen molar-refractivity contribution >= 4 is 11.3 Å². The van der Waals surface area contributed by atoms with E-state index in [2.05, 4.69) is 34.7 Å². The van der Waals surface area contributed by atoms with Crippen LogP contribution in [0.4, 0.5) is 0 Å². The van der Waals surface area contributed by atoms with E-state index < -0.39 is 0 Å². The van der Waals surface area contributed by atoms with Crippen LogP contribution < -0.4 is 5.32 Å². The SMILES string of the molecule is CCCNCCCCN(Cc1cccs1)C1CC1. The molecule has 1 aromatic heterocycles. The first kappa shape index (κ1) is 14.0. The first-order valence-corrected chi connectivity index (χ1v) is 8.25. The molecule has 0 aliphatic heterocycles. The fourth-order valence-corrected chi connectivity index (χ4v) is 3.03. The van der Waals surface area contributed by atoms with Crippen molar-refractivity contribution in [3.63, 3.8) is 0 Å². The fourth-order valence-electron chi connectivity index (χ4n) is 2.30. The molecule has 1 saturated carbocycles. The first-order valence-electron chi connectivity index (χ1n) is 7.37. The number of thiophene rings is 1. The van der Waals surface area contributed by atoms with Crippen LogP contribution in [0.3, 0.4) is 0 Å². The third kappa shape index (κ3) is 5.09. The molecule has 102 valence electrons. The zero-order valence-electron chi connectivity index (χ0n) is 11.5. The molecule has 1 N–H and O–H groups in total. The molecule has 18 heavy (non-hydrogen) atoms. The molecule has 1 aliphatic rings. The van der Waals surface area contributed by atoms with E-state index in [1.54, 1.807) is 0 Å². The lowest BCUT2D eigenvalue weighted by molar-refractivity contribution is 0.251. The van der Waals surface area contributed by atoms with Gasteiger partial charge in [0.15, 0.2) is 0 Å². The molecule has 1 aromatic rings. The van der Waals surface area contributed by atoms with Gasteiger partial charge in [-0.25, -0.2) is 0 Å². The summed E-state index contributed by atoms with van der Waals surface area (Å²) in [4.78, 5) is 4.21. The largest absolute Gasteiger partial charge is 0.317 e. The van der Waals surface area contributed by atoms with Crippen LogP contribution in [-0.4, -0.2) is 30.6 Å². The molecule has 0 spiro atoms. The highest BCUT2D eigenvalue weighted by molar-refractivity contribution is 7.09. The van der Waals surface area contributed by atoms with Gasteiger partial charge in [0.1, 0.15) is 0 Å². The highest BCUT2D eigenvalue weighted by atomic mass is 32.1. The number of hydrogen-bond donors (Lipinski definition) is 1. The van der Waals surface area contributed by atoms with Crippen LogP contribution in [0, 0.1) is 0 Å². The summed E-state index contributed by atoms with van der Waals surface area (Å²) in [5.74, 6) is 0. The van der Waals surface area contributed by atoms with E-state index in [1.807, 2.05) is 11.3 Å². The van der Waals surface area contributed by atoms with E-state index in [9.17, 15) is 0 Å². The Morgan fingerprint density at radius 3 is 2.89 bits per heavy atom. The maximum atomic E-state index is 3.48. The van der Waals surface area contributed by atoms with E-state index in [-0.39, 0.29) is 0 Å². The summed E-state index contributed by atoms with van der Waals surface area (Å²) in [7, 11) is 0. The van der Waals surface area contributed by atoms with Crippen molar-refractivity contribution in [1.82, 2.24) is 10.2 Å².